The molecule has 2 fully saturated rings. The molecule has 1 atom stereocenters. The number of aliphatic imine (C=N–C) groups is 1. The molecule has 1 aromatic carbocycles. The number of benzene rings is 1. The van der Waals surface area contributed by atoms with E-state index in [1.165, 1.54) is 50.0 Å². The van der Waals surface area contributed by atoms with Crippen LogP contribution in [-0.2, 0) is 0 Å². The number of likely N-dealkylation sites (N-methyl/N-ethyl adjacent to an activating group) is 1. The number of rotatable bonds is 9. The third kappa shape index (κ3) is 5.86. The third-order valence-corrected chi connectivity index (χ3v) is 5.67. The SMILES string of the molecule is CCNC(=NCCN(CC)C1CC1)NC(C)c1cccc(N2CCCC2)c1. The second-order valence-electron chi connectivity index (χ2n) is 7.78. The van der Waals surface area contributed by atoms with Crippen LogP contribution in [0.4, 0.5) is 5.69 Å². The predicted molar refractivity (Wildman–Crippen MR) is 116 cm³/mol. The van der Waals surface area contributed by atoms with Crippen LogP contribution in [0.1, 0.15) is 58.1 Å². The summed E-state index contributed by atoms with van der Waals surface area (Å²) in [4.78, 5) is 9.86. The smallest absolute Gasteiger partial charge is 0.191 e. The van der Waals surface area contributed by atoms with Gasteiger partial charge in [-0.3, -0.25) is 9.89 Å². The minimum atomic E-state index is 0.232. The lowest BCUT2D eigenvalue weighted by Gasteiger charge is -2.22. The second kappa shape index (κ2) is 9.98. The molecule has 1 aliphatic heterocycles. The van der Waals surface area contributed by atoms with Gasteiger partial charge in [0.25, 0.3) is 0 Å². The molecule has 27 heavy (non-hydrogen) atoms. The predicted octanol–water partition coefficient (Wildman–Crippen LogP) is 3.39. The fraction of sp³-hybridized carbons (Fsp3) is 0.682. The van der Waals surface area contributed by atoms with Crippen molar-refractivity contribution in [1.29, 1.82) is 0 Å². The summed E-state index contributed by atoms with van der Waals surface area (Å²) in [6, 6.07) is 10.0. The van der Waals surface area contributed by atoms with Gasteiger partial charge in [-0.15, -0.1) is 0 Å². The fourth-order valence-corrected chi connectivity index (χ4v) is 3.90. The van der Waals surface area contributed by atoms with Crippen molar-refractivity contribution in [2.24, 2.45) is 4.99 Å². The fourth-order valence-electron chi connectivity index (χ4n) is 3.90. The van der Waals surface area contributed by atoms with E-state index in [-0.39, 0.29) is 6.04 Å². The topological polar surface area (TPSA) is 42.9 Å². The van der Waals surface area contributed by atoms with Crippen LogP contribution in [0.2, 0.25) is 0 Å². The summed E-state index contributed by atoms with van der Waals surface area (Å²) in [6.07, 6.45) is 5.34. The Labute approximate surface area is 165 Å². The van der Waals surface area contributed by atoms with Gasteiger partial charge in [-0.1, -0.05) is 19.1 Å². The molecule has 1 saturated carbocycles. The first kappa shape index (κ1) is 20.0. The molecule has 5 nitrogen and oxygen atoms in total. The van der Waals surface area contributed by atoms with Gasteiger partial charge in [-0.05, 0) is 63.8 Å². The van der Waals surface area contributed by atoms with Gasteiger partial charge in [0, 0.05) is 37.9 Å². The molecule has 2 N–H and O–H groups in total. The van der Waals surface area contributed by atoms with Crippen molar-refractivity contribution >= 4 is 11.6 Å². The average Bonchev–Trinajstić information content (AvgIpc) is 3.38. The van der Waals surface area contributed by atoms with Crippen LogP contribution in [0.5, 0.6) is 0 Å². The third-order valence-electron chi connectivity index (χ3n) is 5.67. The normalized spacial score (nSPS) is 18.8. The minimum Gasteiger partial charge on any atom is -0.372 e. The average molecular weight is 372 g/mol. The van der Waals surface area contributed by atoms with Gasteiger partial charge >= 0.3 is 0 Å². The monoisotopic (exact) mass is 371 g/mol. The van der Waals surface area contributed by atoms with Crippen LogP contribution < -0.4 is 15.5 Å². The maximum atomic E-state index is 4.82. The van der Waals surface area contributed by atoms with Gasteiger partial charge in [0.1, 0.15) is 0 Å². The zero-order valence-corrected chi connectivity index (χ0v) is 17.4. The largest absolute Gasteiger partial charge is 0.372 e. The molecule has 0 radical (unpaired) electrons. The summed E-state index contributed by atoms with van der Waals surface area (Å²) in [5.41, 5.74) is 2.67. The van der Waals surface area contributed by atoms with Gasteiger partial charge in [0.2, 0.25) is 0 Å². The molecule has 1 aliphatic carbocycles. The summed E-state index contributed by atoms with van der Waals surface area (Å²) in [5.74, 6) is 0.920. The van der Waals surface area contributed by atoms with Gasteiger partial charge in [-0.25, -0.2) is 0 Å². The van der Waals surface area contributed by atoms with Gasteiger partial charge in [-0.2, -0.15) is 0 Å². The molecule has 1 unspecified atom stereocenters. The van der Waals surface area contributed by atoms with E-state index in [0.717, 1.165) is 38.2 Å². The van der Waals surface area contributed by atoms with Gasteiger partial charge < -0.3 is 15.5 Å². The number of guanidine groups is 1. The standard InChI is InChI=1S/C22H37N5/c1-4-23-22(24-13-16-26(5-2)20-11-12-20)25-18(3)19-9-8-10-21(17-19)27-14-6-7-15-27/h8-10,17-18,20H,4-7,11-16H2,1-3H3,(H2,23,24,25). The first-order valence-corrected chi connectivity index (χ1v) is 10.8. The Balaban J connectivity index is 1.57. The molecule has 1 saturated heterocycles. The Morgan fingerprint density at radius 3 is 2.70 bits per heavy atom. The Morgan fingerprint density at radius 1 is 1.26 bits per heavy atom. The molecular weight excluding hydrogens is 334 g/mol. The highest BCUT2D eigenvalue weighted by Gasteiger charge is 2.27. The van der Waals surface area contributed by atoms with Crippen molar-refractivity contribution in [2.75, 3.05) is 44.2 Å². The molecule has 150 valence electrons. The zero-order valence-electron chi connectivity index (χ0n) is 17.4. The second-order valence-corrected chi connectivity index (χ2v) is 7.78. The molecule has 0 bridgehead atoms. The lowest BCUT2D eigenvalue weighted by Crippen LogP contribution is -2.39. The van der Waals surface area contributed by atoms with Crippen molar-refractivity contribution in [3.05, 3.63) is 29.8 Å². The van der Waals surface area contributed by atoms with Gasteiger partial charge in [0.05, 0.1) is 12.6 Å². The maximum Gasteiger partial charge on any atom is 0.191 e. The highest BCUT2D eigenvalue weighted by Crippen LogP contribution is 2.26. The first-order chi connectivity index (χ1) is 13.2. The Hall–Kier alpha value is -1.75. The van der Waals surface area contributed by atoms with E-state index in [2.05, 4.69) is 65.5 Å². The van der Waals surface area contributed by atoms with E-state index in [9.17, 15) is 0 Å². The van der Waals surface area contributed by atoms with Crippen LogP contribution in [0.25, 0.3) is 0 Å². The van der Waals surface area contributed by atoms with E-state index in [4.69, 9.17) is 4.99 Å². The molecule has 0 amide bonds. The van der Waals surface area contributed by atoms with Crippen LogP contribution in [0.15, 0.2) is 29.3 Å². The summed E-state index contributed by atoms with van der Waals surface area (Å²) >= 11 is 0. The van der Waals surface area contributed by atoms with Crippen molar-refractivity contribution in [2.45, 2.75) is 58.5 Å². The molecule has 5 heteroatoms. The molecule has 1 heterocycles. The number of hydrogen-bond acceptors (Lipinski definition) is 3. The van der Waals surface area contributed by atoms with E-state index in [0.29, 0.717) is 0 Å². The van der Waals surface area contributed by atoms with Crippen LogP contribution in [-0.4, -0.2) is 56.2 Å². The minimum absolute atomic E-state index is 0.232. The van der Waals surface area contributed by atoms with Gasteiger partial charge in [0.15, 0.2) is 5.96 Å². The summed E-state index contributed by atoms with van der Waals surface area (Å²) in [5, 5.41) is 6.99. The summed E-state index contributed by atoms with van der Waals surface area (Å²) < 4.78 is 0. The zero-order chi connectivity index (χ0) is 19.1. The number of nitrogens with one attached hydrogen (secondary N) is 2. The Morgan fingerprint density at radius 2 is 2.04 bits per heavy atom. The molecular formula is C22H37N5. The van der Waals surface area contributed by atoms with Crippen molar-refractivity contribution < 1.29 is 0 Å². The maximum absolute atomic E-state index is 4.82. The molecule has 2 aliphatic rings. The van der Waals surface area contributed by atoms with E-state index in [1.807, 2.05) is 0 Å². The van der Waals surface area contributed by atoms with Crippen LogP contribution >= 0.6 is 0 Å². The van der Waals surface area contributed by atoms with Crippen LogP contribution in [0, 0.1) is 0 Å². The summed E-state index contributed by atoms with van der Waals surface area (Å²) in [7, 11) is 0. The highest BCUT2D eigenvalue weighted by molar-refractivity contribution is 5.80. The quantitative estimate of drug-likeness (QED) is 0.516. The lowest BCUT2D eigenvalue weighted by atomic mass is 10.1. The lowest BCUT2D eigenvalue weighted by molar-refractivity contribution is 0.286. The highest BCUT2D eigenvalue weighted by atomic mass is 15.2. The molecule has 0 aromatic heterocycles. The molecule has 3 rings (SSSR count). The molecule has 1 aromatic rings. The number of hydrogen-bond donors (Lipinski definition) is 2. The summed E-state index contributed by atoms with van der Waals surface area (Å²) in [6.45, 7) is 12.9. The van der Waals surface area contributed by atoms with Crippen LogP contribution in [0.3, 0.4) is 0 Å². The van der Waals surface area contributed by atoms with Crippen molar-refractivity contribution in [3.8, 4) is 0 Å². The van der Waals surface area contributed by atoms with E-state index < -0.39 is 0 Å². The number of anilines is 1. The van der Waals surface area contributed by atoms with E-state index >= 15 is 0 Å². The number of nitrogens with zero attached hydrogens (tertiary/aromatic N) is 3. The Kier molecular flexibility index (Phi) is 7.39. The Bertz CT molecular complexity index is 604. The van der Waals surface area contributed by atoms with Crippen molar-refractivity contribution in [3.63, 3.8) is 0 Å². The molecule has 0 spiro atoms. The van der Waals surface area contributed by atoms with E-state index in [1.54, 1.807) is 0 Å². The van der Waals surface area contributed by atoms with Crippen molar-refractivity contribution in [1.82, 2.24) is 15.5 Å². The first-order valence-electron chi connectivity index (χ1n) is 10.8.